The molecule has 0 rings (SSSR count). The zero-order valence-corrected chi connectivity index (χ0v) is 7.91. The Morgan fingerprint density at radius 1 is 1.29 bits per heavy atom. The summed E-state index contributed by atoms with van der Waals surface area (Å²) < 4.78 is 4.80. The maximum Gasteiger partial charge on any atom is 0.151 e. The van der Waals surface area contributed by atoms with Crippen LogP contribution in [0.1, 0.15) is 6.92 Å². The van der Waals surface area contributed by atoms with Gasteiger partial charge in [-0.05, 0) is 6.92 Å². The van der Waals surface area contributed by atoms with Gasteiger partial charge in [0.05, 0.1) is 6.61 Å². The minimum atomic E-state index is -1.61. The van der Waals surface area contributed by atoms with E-state index < -0.39 is 31.0 Å². The molecule has 0 aliphatic carbocycles. The third-order valence-electron chi connectivity index (χ3n) is 1.76. The van der Waals surface area contributed by atoms with E-state index in [1.54, 1.807) is 6.92 Å². The van der Waals surface area contributed by atoms with Crippen LogP contribution in [-0.2, 0) is 9.53 Å². The van der Waals surface area contributed by atoms with Gasteiger partial charge in [-0.15, -0.1) is 0 Å². The molecule has 84 valence electrons. The standard InChI is InChI=1S/C8H16O6/c1-2-14-6(4-10)8(13)7(12)5(11)3-9/h4-9,11-13H,2-3H2,1H3. The maximum atomic E-state index is 10.4. The Bertz CT molecular complexity index is 162. The van der Waals surface area contributed by atoms with Crippen LogP contribution in [0.2, 0.25) is 0 Å². The first-order valence-corrected chi connectivity index (χ1v) is 4.30. The van der Waals surface area contributed by atoms with Gasteiger partial charge in [-0.1, -0.05) is 0 Å². The second-order valence-electron chi connectivity index (χ2n) is 2.79. The fourth-order valence-electron chi connectivity index (χ4n) is 0.941. The highest BCUT2D eigenvalue weighted by Crippen LogP contribution is 2.06. The summed E-state index contributed by atoms with van der Waals surface area (Å²) in [7, 11) is 0. The highest BCUT2D eigenvalue weighted by Gasteiger charge is 2.31. The molecule has 0 spiro atoms. The summed E-state index contributed by atoms with van der Waals surface area (Å²) in [4.78, 5) is 10.4. The Morgan fingerprint density at radius 2 is 1.86 bits per heavy atom. The lowest BCUT2D eigenvalue weighted by Crippen LogP contribution is -2.47. The van der Waals surface area contributed by atoms with Crippen LogP contribution in [0.25, 0.3) is 0 Å². The fourth-order valence-corrected chi connectivity index (χ4v) is 0.941. The van der Waals surface area contributed by atoms with Crippen molar-refractivity contribution in [3.05, 3.63) is 0 Å². The normalized spacial score (nSPS) is 19.8. The summed E-state index contributed by atoms with van der Waals surface area (Å²) in [5.41, 5.74) is 0. The number of aldehydes is 1. The van der Waals surface area contributed by atoms with E-state index in [0.29, 0.717) is 6.29 Å². The molecule has 0 heterocycles. The Balaban J connectivity index is 4.25. The van der Waals surface area contributed by atoms with Crippen LogP contribution in [0.5, 0.6) is 0 Å². The van der Waals surface area contributed by atoms with Gasteiger partial charge in [0.25, 0.3) is 0 Å². The first-order chi connectivity index (χ1) is 6.58. The van der Waals surface area contributed by atoms with E-state index in [1.807, 2.05) is 0 Å². The summed E-state index contributed by atoms with van der Waals surface area (Å²) in [6, 6.07) is 0. The predicted molar refractivity (Wildman–Crippen MR) is 46.6 cm³/mol. The molecule has 0 amide bonds. The lowest BCUT2D eigenvalue weighted by Gasteiger charge is -2.25. The molecule has 0 aromatic carbocycles. The molecule has 0 saturated heterocycles. The van der Waals surface area contributed by atoms with Crippen molar-refractivity contribution in [1.29, 1.82) is 0 Å². The van der Waals surface area contributed by atoms with Crippen LogP contribution in [-0.4, -0.2) is 64.3 Å². The van der Waals surface area contributed by atoms with E-state index in [4.69, 9.17) is 14.9 Å². The van der Waals surface area contributed by atoms with E-state index in [9.17, 15) is 15.0 Å². The Morgan fingerprint density at radius 3 is 2.21 bits per heavy atom. The van der Waals surface area contributed by atoms with Gasteiger partial charge in [-0.3, -0.25) is 0 Å². The molecular formula is C8H16O6. The third kappa shape index (κ3) is 3.69. The molecule has 6 heteroatoms. The molecule has 0 aromatic heterocycles. The Labute approximate surface area is 81.7 Å². The van der Waals surface area contributed by atoms with Crippen LogP contribution < -0.4 is 0 Å². The number of aliphatic hydroxyl groups excluding tert-OH is 4. The van der Waals surface area contributed by atoms with Crippen molar-refractivity contribution in [1.82, 2.24) is 0 Å². The van der Waals surface area contributed by atoms with Gasteiger partial charge >= 0.3 is 0 Å². The molecule has 0 aliphatic heterocycles. The van der Waals surface area contributed by atoms with Gasteiger partial charge in [0.2, 0.25) is 0 Å². The van der Waals surface area contributed by atoms with Gasteiger partial charge in [-0.2, -0.15) is 0 Å². The molecule has 4 N–H and O–H groups in total. The molecule has 4 atom stereocenters. The van der Waals surface area contributed by atoms with Gasteiger partial charge in [0, 0.05) is 6.61 Å². The van der Waals surface area contributed by atoms with Gasteiger partial charge in [-0.25, -0.2) is 0 Å². The van der Waals surface area contributed by atoms with Gasteiger partial charge in [0.15, 0.2) is 6.29 Å². The van der Waals surface area contributed by atoms with Crippen molar-refractivity contribution in [2.75, 3.05) is 13.2 Å². The SMILES string of the molecule is CCOC(C=O)C(O)C(O)C(O)CO. The van der Waals surface area contributed by atoms with Gasteiger partial charge < -0.3 is 30.0 Å². The highest BCUT2D eigenvalue weighted by atomic mass is 16.5. The minimum absolute atomic E-state index is 0.197. The molecule has 14 heavy (non-hydrogen) atoms. The number of rotatable bonds is 7. The number of hydrogen-bond donors (Lipinski definition) is 4. The quantitative estimate of drug-likeness (QED) is 0.349. The molecule has 0 bridgehead atoms. The molecule has 0 fully saturated rings. The summed E-state index contributed by atoms with van der Waals surface area (Å²) in [6.07, 6.45) is -5.51. The van der Waals surface area contributed by atoms with E-state index in [2.05, 4.69) is 0 Å². The monoisotopic (exact) mass is 208 g/mol. The van der Waals surface area contributed by atoms with Crippen LogP contribution in [0.15, 0.2) is 0 Å². The molecule has 0 radical (unpaired) electrons. The number of carbonyl (C=O) groups is 1. The Kier molecular flexibility index (Phi) is 6.60. The summed E-state index contributed by atoms with van der Waals surface area (Å²) >= 11 is 0. The topological polar surface area (TPSA) is 107 Å². The largest absolute Gasteiger partial charge is 0.394 e. The molecule has 0 saturated carbocycles. The van der Waals surface area contributed by atoms with E-state index in [-0.39, 0.29) is 6.61 Å². The van der Waals surface area contributed by atoms with Crippen molar-refractivity contribution >= 4 is 6.29 Å². The zero-order valence-electron chi connectivity index (χ0n) is 7.91. The summed E-state index contributed by atoms with van der Waals surface area (Å²) in [5, 5.41) is 36.0. The lowest BCUT2D eigenvalue weighted by atomic mass is 10.0. The smallest absolute Gasteiger partial charge is 0.151 e. The second kappa shape index (κ2) is 6.86. The van der Waals surface area contributed by atoms with Gasteiger partial charge in [0.1, 0.15) is 24.4 Å². The number of hydrogen-bond acceptors (Lipinski definition) is 6. The summed E-state index contributed by atoms with van der Waals surface area (Å²) in [5.74, 6) is 0. The van der Waals surface area contributed by atoms with E-state index in [0.717, 1.165) is 0 Å². The molecular weight excluding hydrogens is 192 g/mol. The number of aliphatic hydroxyl groups is 4. The highest BCUT2D eigenvalue weighted by molar-refractivity contribution is 5.57. The minimum Gasteiger partial charge on any atom is -0.394 e. The molecule has 4 unspecified atom stereocenters. The van der Waals surface area contributed by atoms with Crippen molar-refractivity contribution in [3.63, 3.8) is 0 Å². The number of ether oxygens (including phenoxy) is 1. The zero-order chi connectivity index (χ0) is 11.1. The number of carbonyl (C=O) groups excluding carboxylic acids is 1. The van der Waals surface area contributed by atoms with E-state index >= 15 is 0 Å². The van der Waals surface area contributed by atoms with Crippen LogP contribution in [0.3, 0.4) is 0 Å². The third-order valence-corrected chi connectivity index (χ3v) is 1.76. The predicted octanol–water partition coefficient (Wildman–Crippen LogP) is -2.33. The second-order valence-corrected chi connectivity index (χ2v) is 2.79. The van der Waals surface area contributed by atoms with Crippen molar-refractivity contribution in [2.24, 2.45) is 0 Å². The Hall–Kier alpha value is -0.530. The van der Waals surface area contributed by atoms with Crippen LogP contribution >= 0.6 is 0 Å². The molecule has 0 aromatic rings. The van der Waals surface area contributed by atoms with Crippen LogP contribution in [0.4, 0.5) is 0 Å². The van der Waals surface area contributed by atoms with Crippen molar-refractivity contribution in [2.45, 2.75) is 31.3 Å². The lowest BCUT2D eigenvalue weighted by molar-refractivity contribution is -0.145. The maximum absolute atomic E-state index is 10.4. The van der Waals surface area contributed by atoms with Crippen molar-refractivity contribution in [3.8, 4) is 0 Å². The summed E-state index contributed by atoms with van der Waals surface area (Å²) in [6.45, 7) is 1.12. The van der Waals surface area contributed by atoms with Crippen molar-refractivity contribution < 1.29 is 30.0 Å². The average Bonchev–Trinajstić information content (AvgIpc) is 2.22. The van der Waals surface area contributed by atoms with Crippen LogP contribution in [0, 0.1) is 0 Å². The first kappa shape index (κ1) is 13.5. The first-order valence-electron chi connectivity index (χ1n) is 4.30. The average molecular weight is 208 g/mol. The molecule has 0 aliphatic rings. The molecule has 6 nitrogen and oxygen atoms in total. The van der Waals surface area contributed by atoms with E-state index in [1.165, 1.54) is 0 Å². The fraction of sp³-hybridized carbons (Fsp3) is 0.875.